The first-order chi connectivity index (χ1) is 15.8. The van der Waals surface area contributed by atoms with Crippen molar-refractivity contribution in [3.8, 4) is 0 Å². The predicted molar refractivity (Wildman–Crippen MR) is 117 cm³/mol. The van der Waals surface area contributed by atoms with Crippen molar-refractivity contribution < 1.29 is 33.8 Å². The number of urea groups is 1. The summed E-state index contributed by atoms with van der Waals surface area (Å²) in [7, 11) is 1.25. The highest BCUT2D eigenvalue weighted by molar-refractivity contribution is 5.97. The molecule has 172 valence electrons. The zero-order valence-corrected chi connectivity index (χ0v) is 18.5. The van der Waals surface area contributed by atoms with Gasteiger partial charge in [0.25, 0.3) is 0 Å². The van der Waals surface area contributed by atoms with E-state index in [1.165, 1.54) is 24.1 Å². The summed E-state index contributed by atoms with van der Waals surface area (Å²) < 4.78 is 10.1. The second-order valence-electron chi connectivity index (χ2n) is 7.27. The summed E-state index contributed by atoms with van der Waals surface area (Å²) in [5.74, 6) is -2.27. The van der Waals surface area contributed by atoms with Crippen LogP contribution < -0.4 is 5.32 Å². The molecule has 0 spiro atoms. The molecule has 0 saturated carbocycles. The molecule has 2 aromatic rings. The van der Waals surface area contributed by atoms with Crippen molar-refractivity contribution >= 4 is 23.9 Å². The van der Waals surface area contributed by atoms with E-state index < -0.39 is 30.0 Å². The number of esters is 2. The van der Waals surface area contributed by atoms with Gasteiger partial charge in [0.2, 0.25) is 0 Å². The molecule has 3 rings (SSSR count). The average molecular weight is 452 g/mol. The Balaban J connectivity index is 2.05. The van der Waals surface area contributed by atoms with E-state index in [4.69, 9.17) is 14.6 Å². The molecule has 0 saturated heterocycles. The Morgan fingerprint density at radius 2 is 1.73 bits per heavy atom. The van der Waals surface area contributed by atoms with Crippen LogP contribution in [0.5, 0.6) is 0 Å². The molecule has 0 fully saturated rings. The fourth-order valence-electron chi connectivity index (χ4n) is 3.66. The minimum Gasteiger partial charge on any atom is -0.478 e. The van der Waals surface area contributed by atoms with Gasteiger partial charge in [-0.15, -0.1) is 0 Å². The van der Waals surface area contributed by atoms with E-state index in [0.29, 0.717) is 16.8 Å². The van der Waals surface area contributed by atoms with E-state index >= 15 is 0 Å². The Labute approximate surface area is 190 Å². The van der Waals surface area contributed by atoms with Crippen LogP contribution in [0.15, 0.2) is 59.8 Å². The molecule has 33 heavy (non-hydrogen) atoms. The molecule has 2 aromatic carbocycles. The fraction of sp³-hybridized carbons (Fsp3) is 0.250. The SMILES string of the molecule is CCOC(=O)C1=C(C)N(Cc2ccc(C(=O)O)cc2)C(=O)NC1c1ccccc1C(=O)OC. The lowest BCUT2D eigenvalue weighted by atomic mass is 9.91. The van der Waals surface area contributed by atoms with Crippen LogP contribution in [-0.2, 0) is 20.8 Å². The van der Waals surface area contributed by atoms with Crippen molar-refractivity contribution in [2.24, 2.45) is 0 Å². The summed E-state index contributed by atoms with van der Waals surface area (Å²) in [6, 6.07) is 11.3. The van der Waals surface area contributed by atoms with Crippen LogP contribution in [0.25, 0.3) is 0 Å². The second-order valence-corrected chi connectivity index (χ2v) is 7.27. The Bertz CT molecular complexity index is 1120. The highest BCUT2D eigenvalue weighted by Gasteiger charge is 2.38. The van der Waals surface area contributed by atoms with Crippen molar-refractivity contribution in [3.63, 3.8) is 0 Å². The molecular weight excluding hydrogens is 428 g/mol. The van der Waals surface area contributed by atoms with Gasteiger partial charge in [-0.1, -0.05) is 30.3 Å². The number of carbonyl (C=O) groups is 4. The Morgan fingerprint density at radius 1 is 1.06 bits per heavy atom. The zero-order chi connectivity index (χ0) is 24.1. The standard InChI is InChI=1S/C24H24N2O7/c1-4-33-23(30)19-14(2)26(13-15-9-11-16(12-10-15)21(27)28)24(31)25-20(19)17-7-5-6-8-18(17)22(29)32-3/h5-12,20H,4,13H2,1-3H3,(H,25,31)(H,27,28). The molecule has 0 radical (unpaired) electrons. The maximum Gasteiger partial charge on any atom is 0.338 e. The molecule has 1 unspecified atom stereocenters. The van der Waals surface area contributed by atoms with Crippen molar-refractivity contribution in [1.82, 2.24) is 10.2 Å². The third-order valence-electron chi connectivity index (χ3n) is 5.31. The lowest BCUT2D eigenvalue weighted by Gasteiger charge is -2.36. The number of nitrogens with zero attached hydrogens (tertiary/aromatic N) is 1. The van der Waals surface area contributed by atoms with Gasteiger partial charge >= 0.3 is 23.9 Å². The van der Waals surface area contributed by atoms with E-state index in [1.807, 2.05) is 0 Å². The molecule has 0 aromatic heterocycles. The quantitative estimate of drug-likeness (QED) is 0.618. The highest BCUT2D eigenvalue weighted by atomic mass is 16.5. The Morgan fingerprint density at radius 3 is 2.33 bits per heavy atom. The maximum atomic E-state index is 13.1. The summed E-state index contributed by atoms with van der Waals surface area (Å²) in [4.78, 5) is 50.8. The molecule has 9 nitrogen and oxygen atoms in total. The smallest absolute Gasteiger partial charge is 0.338 e. The van der Waals surface area contributed by atoms with Crippen LogP contribution in [0.3, 0.4) is 0 Å². The third kappa shape index (κ3) is 4.87. The number of benzene rings is 2. The zero-order valence-electron chi connectivity index (χ0n) is 18.5. The number of aromatic carboxylic acids is 1. The second kappa shape index (κ2) is 9.99. The molecule has 1 heterocycles. The molecule has 1 atom stereocenters. The third-order valence-corrected chi connectivity index (χ3v) is 5.31. The molecule has 0 aliphatic carbocycles. The number of methoxy groups -OCH3 is 1. The number of rotatable bonds is 7. The summed E-state index contributed by atoms with van der Waals surface area (Å²) >= 11 is 0. The number of allylic oxidation sites excluding steroid dienone is 1. The molecule has 0 bridgehead atoms. The van der Waals surface area contributed by atoms with Crippen molar-refractivity contribution in [2.75, 3.05) is 13.7 Å². The monoisotopic (exact) mass is 452 g/mol. The molecule has 1 aliphatic heterocycles. The van der Waals surface area contributed by atoms with Crippen molar-refractivity contribution in [2.45, 2.75) is 26.4 Å². The van der Waals surface area contributed by atoms with E-state index in [9.17, 15) is 19.2 Å². The molecule has 1 aliphatic rings. The number of nitrogens with one attached hydrogen (secondary N) is 1. The Kier molecular flexibility index (Phi) is 7.12. The number of amides is 2. The normalized spacial score (nSPS) is 15.7. The molecular formula is C24H24N2O7. The number of carboxylic acids is 1. The van der Waals surface area contributed by atoms with Gasteiger partial charge < -0.3 is 19.9 Å². The van der Waals surface area contributed by atoms with Crippen LogP contribution in [0.2, 0.25) is 0 Å². The number of ether oxygens (including phenoxy) is 2. The first-order valence-corrected chi connectivity index (χ1v) is 10.2. The van der Waals surface area contributed by atoms with Crippen LogP contribution in [0.1, 0.15) is 51.7 Å². The van der Waals surface area contributed by atoms with Gasteiger partial charge in [0, 0.05) is 5.70 Å². The number of carboxylic acid groups (broad SMARTS) is 1. The first-order valence-electron chi connectivity index (χ1n) is 10.2. The van der Waals surface area contributed by atoms with E-state index in [-0.39, 0.29) is 29.9 Å². The van der Waals surface area contributed by atoms with Crippen molar-refractivity contribution in [3.05, 3.63) is 82.1 Å². The number of hydrogen-bond acceptors (Lipinski definition) is 6. The maximum absolute atomic E-state index is 13.1. The number of carbonyl (C=O) groups excluding carboxylic acids is 3. The highest BCUT2D eigenvalue weighted by Crippen LogP contribution is 2.34. The summed E-state index contributed by atoms with van der Waals surface area (Å²) in [6.45, 7) is 3.54. The average Bonchev–Trinajstić information content (AvgIpc) is 2.81. The van der Waals surface area contributed by atoms with E-state index in [0.717, 1.165) is 0 Å². The molecule has 2 N–H and O–H groups in total. The van der Waals surface area contributed by atoms with Crippen LogP contribution >= 0.6 is 0 Å². The van der Waals surface area contributed by atoms with E-state index in [1.54, 1.807) is 50.2 Å². The van der Waals surface area contributed by atoms with Gasteiger partial charge in [0.15, 0.2) is 0 Å². The Hall–Kier alpha value is -4.14. The topological polar surface area (TPSA) is 122 Å². The fourth-order valence-corrected chi connectivity index (χ4v) is 3.66. The lowest BCUT2D eigenvalue weighted by molar-refractivity contribution is -0.139. The molecule has 9 heteroatoms. The van der Waals surface area contributed by atoms with Gasteiger partial charge in [-0.2, -0.15) is 0 Å². The van der Waals surface area contributed by atoms with Crippen LogP contribution in [-0.4, -0.2) is 47.7 Å². The van der Waals surface area contributed by atoms with Crippen molar-refractivity contribution in [1.29, 1.82) is 0 Å². The van der Waals surface area contributed by atoms with Crippen LogP contribution in [0, 0.1) is 0 Å². The van der Waals surface area contributed by atoms with Crippen LogP contribution in [0.4, 0.5) is 4.79 Å². The first kappa shape index (κ1) is 23.5. The summed E-state index contributed by atoms with van der Waals surface area (Å²) in [5, 5.41) is 11.9. The van der Waals surface area contributed by atoms with Gasteiger partial charge in [-0.05, 0) is 43.2 Å². The van der Waals surface area contributed by atoms with Gasteiger partial charge in [-0.3, -0.25) is 4.90 Å². The van der Waals surface area contributed by atoms with Gasteiger partial charge in [0.1, 0.15) is 0 Å². The van der Waals surface area contributed by atoms with Gasteiger partial charge in [0.05, 0.1) is 43.0 Å². The summed E-state index contributed by atoms with van der Waals surface area (Å²) in [5.41, 5.74) is 1.98. The number of hydrogen-bond donors (Lipinski definition) is 2. The van der Waals surface area contributed by atoms with Gasteiger partial charge in [-0.25, -0.2) is 19.2 Å². The van der Waals surface area contributed by atoms with E-state index in [2.05, 4.69) is 5.32 Å². The minimum absolute atomic E-state index is 0.103. The minimum atomic E-state index is -1.05. The summed E-state index contributed by atoms with van der Waals surface area (Å²) in [6.07, 6.45) is 0. The lowest BCUT2D eigenvalue weighted by Crippen LogP contribution is -2.48. The largest absolute Gasteiger partial charge is 0.478 e. The predicted octanol–water partition coefficient (Wildman–Crippen LogP) is 3.28. The molecule has 2 amide bonds.